The summed E-state index contributed by atoms with van der Waals surface area (Å²) in [6.45, 7) is 3.30. The minimum Gasteiger partial charge on any atom is -0.496 e. The summed E-state index contributed by atoms with van der Waals surface area (Å²) >= 11 is 3.38. The van der Waals surface area contributed by atoms with Crippen molar-refractivity contribution in [2.45, 2.75) is 13.5 Å². The van der Waals surface area contributed by atoms with Gasteiger partial charge in [-0.1, -0.05) is 22.0 Å². The zero-order chi connectivity index (χ0) is 9.68. The highest BCUT2D eigenvalue weighted by atomic mass is 79.9. The van der Waals surface area contributed by atoms with E-state index in [1.54, 1.807) is 7.11 Å². The fourth-order valence-corrected chi connectivity index (χ4v) is 1.39. The molecule has 2 nitrogen and oxygen atoms in total. The highest BCUT2D eigenvalue weighted by Crippen LogP contribution is 2.23. The highest BCUT2D eigenvalue weighted by molar-refractivity contribution is 9.10. The molecule has 0 spiro atoms. The lowest BCUT2D eigenvalue weighted by atomic mass is 10.2. The van der Waals surface area contributed by atoms with Gasteiger partial charge < -0.3 is 9.47 Å². The van der Waals surface area contributed by atoms with Gasteiger partial charge in [-0.05, 0) is 19.1 Å². The van der Waals surface area contributed by atoms with E-state index in [9.17, 15) is 0 Å². The Labute approximate surface area is 87.0 Å². The Kier molecular flexibility index (Phi) is 4.25. The van der Waals surface area contributed by atoms with E-state index in [2.05, 4.69) is 15.9 Å². The smallest absolute Gasteiger partial charge is 0.125 e. The SMILES string of the molecule is CCOCc1ccc(Br)cc1OC. The monoisotopic (exact) mass is 244 g/mol. The van der Waals surface area contributed by atoms with Crippen LogP contribution < -0.4 is 4.74 Å². The quantitative estimate of drug-likeness (QED) is 0.811. The van der Waals surface area contributed by atoms with Crippen LogP contribution in [0.15, 0.2) is 22.7 Å². The van der Waals surface area contributed by atoms with Gasteiger partial charge in [0.05, 0.1) is 13.7 Å². The van der Waals surface area contributed by atoms with Crippen LogP contribution in [0.2, 0.25) is 0 Å². The van der Waals surface area contributed by atoms with Gasteiger partial charge in [0.2, 0.25) is 0 Å². The normalized spacial score (nSPS) is 10.1. The summed E-state index contributed by atoms with van der Waals surface area (Å²) in [4.78, 5) is 0. The fraction of sp³-hybridized carbons (Fsp3) is 0.400. The van der Waals surface area contributed by atoms with Crippen LogP contribution in [0, 0.1) is 0 Å². The Hall–Kier alpha value is -0.540. The lowest BCUT2D eigenvalue weighted by Gasteiger charge is -2.08. The zero-order valence-electron chi connectivity index (χ0n) is 7.84. The molecule has 0 saturated carbocycles. The number of hydrogen-bond donors (Lipinski definition) is 0. The van der Waals surface area contributed by atoms with Crippen molar-refractivity contribution >= 4 is 15.9 Å². The van der Waals surface area contributed by atoms with Gasteiger partial charge in [-0.3, -0.25) is 0 Å². The van der Waals surface area contributed by atoms with Gasteiger partial charge in [0, 0.05) is 16.6 Å². The lowest BCUT2D eigenvalue weighted by molar-refractivity contribution is 0.132. The highest BCUT2D eigenvalue weighted by Gasteiger charge is 2.02. The van der Waals surface area contributed by atoms with Gasteiger partial charge in [-0.2, -0.15) is 0 Å². The molecule has 1 aromatic rings. The van der Waals surface area contributed by atoms with Crippen molar-refractivity contribution in [1.82, 2.24) is 0 Å². The molecular weight excluding hydrogens is 232 g/mol. The van der Waals surface area contributed by atoms with Gasteiger partial charge in [0.25, 0.3) is 0 Å². The number of methoxy groups -OCH3 is 1. The van der Waals surface area contributed by atoms with Crippen molar-refractivity contribution in [3.63, 3.8) is 0 Å². The average Bonchev–Trinajstić information content (AvgIpc) is 2.16. The molecule has 72 valence electrons. The van der Waals surface area contributed by atoms with Crippen LogP contribution in [0.3, 0.4) is 0 Å². The van der Waals surface area contributed by atoms with Crippen LogP contribution in [-0.2, 0) is 11.3 Å². The summed E-state index contributed by atoms with van der Waals surface area (Å²) < 4.78 is 11.5. The third-order valence-electron chi connectivity index (χ3n) is 1.71. The molecule has 0 unspecified atom stereocenters. The van der Waals surface area contributed by atoms with Crippen molar-refractivity contribution in [2.24, 2.45) is 0 Å². The van der Waals surface area contributed by atoms with Gasteiger partial charge in [0.1, 0.15) is 5.75 Å². The second-order valence-electron chi connectivity index (χ2n) is 2.59. The van der Waals surface area contributed by atoms with Crippen LogP contribution >= 0.6 is 15.9 Å². The first-order chi connectivity index (χ1) is 6.27. The third-order valence-corrected chi connectivity index (χ3v) is 2.20. The summed E-state index contributed by atoms with van der Waals surface area (Å²) in [6, 6.07) is 5.92. The molecule has 0 aromatic heterocycles. The second-order valence-corrected chi connectivity index (χ2v) is 3.51. The van der Waals surface area contributed by atoms with Crippen LogP contribution in [-0.4, -0.2) is 13.7 Å². The first-order valence-electron chi connectivity index (χ1n) is 4.18. The maximum Gasteiger partial charge on any atom is 0.125 e. The maximum absolute atomic E-state index is 5.31. The topological polar surface area (TPSA) is 18.5 Å². The molecule has 13 heavy (non-hydrogen) atoms. The van der Waals surface area contributed by atoms with Crippen molar-refractivity contribution in [2.75, 3.05) is 13.7 Å². The van der Waals surface area contributed by atoms with E-state index in [4.69, 9.17) is 9.47 Å². The maximum atomic E-state index is 5.31. The molecule has 0 heterocycles. The van der Waals surface area contributed by atoms with E-state index in [0.29, 0.717) is 6.61 Å². The lowest BCUT2D eigenvalue weighted by Crippen LogP contribution is -1.95. The van der Waals surface area contributed by atoms with Crippen molar-refractivity contribution in [3.8, 4) is 5.75 Å². The Bertz CT molecular complexity index is 274. The largest absolute Gasteiger partial charge is 0.496 e. The number of rotatable bonds is 4. The Morgan fingerprint density at radius 1 is 1.38 bits per heavy atom. The van der Waals surface area contributed by atoms with Crippen molar-refractivity contribution in [1.29, 1.82) is 0 Å². The van der Waals surface area contributed by atoms with Gasteiger partial charge in [-0.15, -0.1) is 0 Å². The van der Waals surface area contributed by atoms with E-state index < -0.39 is 0 Å². The molecular formula is C10H13BrO2. The summed E-state index contributed by atoms with van der Waals surface area (Å²) in [7, 11) is 1.66. The first kappa shape index (κ1) is 10.5. The second kappa shape index (κ2) is 5.25. The van der Waals surface area contributed by atoms with Gasteiger partial charge in [-0.25, -0.2) is 0 Å². The van der Waals surface area contributed by atoms with Crippen LogP contribution in [0.5, 0.6) is 5.75 Å². The summed E-state index contributed by atoms with van der Waals surface area (Å²) in [5.74, 6) is 0.864. The predicted molar refractivity (Wildman–Crippen MR) is 56.0 cm³/mol. The minimum absolute atomic E-state index is 0.604. The van der Waals surface area contributed by atoms with Crippen LogP contribution in [0.25, 0.3) is 0 Å². The molecule has 0 aliphatic heterocycles. The third kappa shape index (κ3) is 3.01. The summed E-state index contributed by atoms with van der Waals surface area (Å²) in [5, 5.41) is 0. The molecule has 0 radical (unpaired) electrons. The number of halogens is 1. The molecule has 0 bridgehead atoms. The fourth-order valence-electron chi connectivity index (χ4n) is 1.05. The van der Waals surface area contributed by atoms with E-state index >= 15 is 0 Å². The predicted octanol–water partition coefficient (Wildman–Crippen LogP) is 2.99. The minimum atomic E-state index is 0.604. The molecule has 0 atom stereocenters. The Morgan fingerprint density at radius 3 is 2.77 bits per heavy atom. The molecule has 0 N–H and O–H groups in total. The van der Waals surface area contributed by atoms with E-state index in [0.717, 1.165) is 22.4 Å². The van der Waals surface area contributed by atoms with Crippen LogP contribution in [0.4, 0.5) is 0 Å². The molecule has 3 heteroatoms. The number of ether oxygens (including phenoxy) is 2. The molecule has 0 aliphatic carbocycles. The Morgan fingerprint density at radius 2 is 2.15 bits per heavy atom. The molecule has 0 aliphatic rings. The van der Waals surface area contributed by atoms with Crippen molar-refractivity contribution in [3.05, 3.63) is 28.2 Å². The summed E-state index contributed by atoms with van der Waals surface area (Å²) in [6.07, 6.45) is 0. The van der Waals surface area contributed by atoms with Crippen molar-refractivity contribution < 1.29 is 9.47 Å². The Balaban J connectivity index is 2.79. The first-order valence-corrected chi connectivity index (χ1v) is 4.97. The van der Waals surface area contributed by atoms with E-state index in [1.165, 1.54) is 0 Å². The average molecular weight is 245 g/mol. The molecule has 0 saturated heterocycles. The molecule has 1 aromatic carbocycles. The van der Waals surface area contributed by atoms with E-state index in [1.807, 2.05) is 25.1 Å². The standard InChI is InChI=1S/C10H13BrO2/c1-3-13-7-8-4-5-9(11)6-10(8)12-2/h4-6H,3,7H2,1-2H3. The number of benzene rings is 1. The van der Waals surface area contributed by atoms with Gasteiger partial charge in [0.15, 0.2) is 0 Å². The van der Waals surface area contributed by atoms with Crippen LogP contribution in [0.1, 0.15) is 12.5 Å². The van der Waals surface area contributed by atoms with Gasteiger partial charge >= 0.3 is 0 Å². The molecule has 0 fully saturated rings. The summed E-state index contributed by atoms with van der Waals surface area (Å²) in [5.41, 5.74) is 1.08. The number of hydrogen-bond acceptors (Lipinski definition) is 2. The molecule has 1 rings (SSSR count). The van der Waals surface area contributed by atoms with E-state index in [-0.39, 0.29) is 0 Å². The zero-order valence-corrected chi connectivity index (χ0v) is 9.43. The molecule has 0 amide bonds.